The summed E-state index contributed by atoms with van der Waals surface area (Å²) in [5, 5.41) is 11.0. The van der Waals surface area contributed by atoms with Crippen LogP contribution in [0.5, 0.6) is 17.2 Å². The van der Waals surface area contributed by atoms with Crippen LogP contribution in [0.2, 0.25) is 0 Å². The van der Waals surface area contributed by atoms with Gasteiger partial charge in [0.25, 0.3) is 0 Å². The lowest BCUT2D eigenvalue weighted by molar-refractivity contribution is -0.145. The predicted octanol–water partition coefficient (Wildman–Crippen LogP) is 12.5. The third-order valence-corrected chi connectivity index (χ3v) is 11.8. The fourth-order valence-corrected chi connectivity index (χ4v) is 8.00. The van der Waals surface area contributed by atoms with Crippen LogP contribution in [0.15, 0.2) is 158 Å². The van der Waals surface area contributed by atoms with Crippen molar-refractivity contribution in [2.75, 3.05) is 26.4 Å². The van der Waals surface area contributed by atoms with Gasteiger partial charge in [-0.15, -0.1) is 0 Å². The number of aromatic hydroxyl groups is 1. The lowest BCUT2D eigenvalue weighted by Gasteiger charge is -2.12. The number of aryl methyl sites for hydroxylation is 1. The van der Waals surface area contributed by atoms with Gasteiger partial charge in [-0.1, -0.05) is 160 Å². The average molecular weight is 963 g/mol. The van der Waals surface area contributed by atoms with Gasteiger partial charge in [0, 0.05) is 46.7 Å². The number of carbonyl (C=O) groups excluding carboxylic acids is 2. The molecule has 0 radical (unpaired) electrons. The van der Waals surface area contributed by atoms with Crippen LogP contribution in [0.4, 0.5) is 0 Å². The van der Waals surface area contributed by atoms with Gasteiger partial charge < -0.3 is 24.1 Å². The van der Waals surface area contributed by atoms with Crippen molar-refractivity contribution in [1.82, 2.24) is 29.9 Å². The Labute approximate surface area is 420 Å². The van der Waals surface area contributed by atoms with Gasteiger partial charge in [0.05, 0.1) is 5.56 Å². The topological polar surface area (TPSA) is 169 Å². The Morgan fingerprint density at radius 1 is 0.389 bits per heavy atom. The van der Waals surface area contributed by atoms with Crippen LogP contribution in [-0.2, 0) is 19.1 Å². The van der Waals surface area contributed by atoms with Crippen molar-refractivity contribution in [3.63, 3.8) is 0 Å². The Hall–Kier alpha value is -8.32. The van der Waals surface area contributed by atoms with Crippen LogP contribution in [0, 0.1) is 6.92 Å². The van der Waals surface area contributed by atoms with Crippen molar-refractivity contribution in [3.05, 3.63) is 163 Å². The molecule has 13 nitrogen and oxygen atoms in total. The van der Waals surface area contributed by atoms with Crippen molar-refractivity contribution < 1.29 is 33.6 Å². The third-order valence-electron chi connectivity index (χ3n) is 11.8. The minimum Gasteiger partial charge on any atom is -0.507 e. The second kappa shape index (κ2) is 26.0. The van der Waals surface area contributed by atoms with E-state index in [1.807, 2.05) is 146 Å². The van der Waals surface area contributed by atoms with Gasteiger partial charge >= 0.3 is 11.9 Å². The van der Waals surface area contributed by atoms with E-state index in [0.29, 0.717) is 64.9 Å². The molecule has 8 aromatic rings. The summed E-state index contributed by atoms with van der Waals surface area (Å²) < 4.78 is 22.5. The maximum absolute atomic E-state index is 12.4. The van der Waals surface area contributed by atoms with Gasteiger partial charge in [-0.05, 0) is 55.7 Å². The Bertz CT molecular complexity index is 2680. The molecule has 8 rings (SSSR count). The molecule has 13 heteroatoms. The summed E-state index contributed by atoms with van der Waals surface area (Å²) in [6, 6.07) is 49.7. The number of hydrogen-bond donors (Lipinski definition) is 1. The van der Waals surface area contributed by atoms with Crippen LogP contribution in [0.1, 0.15) is 69.8 Å². The van der Waals surface area contributed by atoms with Crippen LogP contribution in [0.3, 0.4) is 0 Å². The van der Waals surface area contributed by atoms with Crippen molar-refractivity contribution in [3.8, 4) is 85.6 Å². The Morgan fingerprint density at radius 3 is 1.10 bits per heavy atom. The van der Waals surface area contributed by atoms with E-state index in [2.05, 4.69) is 9.97 Å². The molecule has 0 aliphatic carbocycles. The number of hydrogen-bond acceptors (Lipinski definition) is 13. The van der Waals surface area contributed by atoms with Gasteiger partial charge in [0.2, 0.25) is 0 Å². The zero-order valence-corrected chi connectivity index (χ0v) is 40.5. The summed E-state index contributed by atoms with van der Waals surface area (Å²) in [6.07, 6.45) is 8.41. The number of esters is 2. The van der Waals surface area contributed by atoms with E-state index in [9.17, 15) is 14.7 Å². The fourth-order valence-electron chi connectivity index (χ4n) is 8.00. The number of benzene rings is 6. The molecule has 0 unspecified atom stereocenters. The molecule has 366 valence electrons. The van der Waals surface area contributed by atoms with Crippen LogP contribution in [0.25, 0.3) is 68.3 Å². The summed E-state index contributed by atoms with van der Waals surface area (Å²) in [5.41, 5.74) is 5.75. The third kappa shape index (κ3) is 14.6. The normalized spacial score (nSPS) is 11.0. The molecule has 1 N–H and O–H groups in total. The fraction of sp³-hybridized carbons (Fsp3) is 0.254. The summed E-state index contributed by atoms with van der Waals surface area (Å²) >= 11 is 0. The van der Waals surface area contributed by atoms with Crippen molar-refractivity contribution >= 4 is 11.9 Å². The molecule has 0 aliphatic rings. The first-order chi connectivity index (χ1) is 35.4. The minimum atomic E-state index is -0.259. The SMILES string of the molecule is Cc1cc(OCCOC(=O)CCCCCCCCCCC(=O)OCCOc2ccc(-c3nc(-c4ccccc4)nc(-c4ccccc4)n3)c(O)c2)ccc1-c1nc(-c2ccccc2)nc(-c2ccccc2)n1. The van der Waals surface area contributed by atoms with E-state index in [1.54, 1.807) is 12.1 Å². The lowest BCUT2D eigenvalue weighted by Crippen LogP contribution is -2.12. The first kappa shape index (κ1) is 50.1. The second-order valence-electron chi connectivity index (χ2n) is 17.2. The predicted molar refractivity (Wildman–Crippen MR) is 278 cm³/mol. The molecule has 0 fully saturated rings. The Balaban J connectivity index is 0.657. The largest absolute Gasteiger partial charge is 0.507 e. The molecule has 0 amide bonds. The number of unbranched alkanes of at least 4 members (excludes halogenated alkanes) is 7. The first-order valence-corrected chi connectivity index (χ1v) is 24.6. The molecular weight excluding hydrogens is 905 g/mol. The van der Waals surface area contributed by atoms with Crippen molar-refractivity contribution in [2.45, 2.75) is 71.1 Å². The molecule has 0 atom stereocenters. The highest BCUT2D eigenvalue weighted by molar-refractivity contribution is 5.72. The van der Waals surface area contributed by atoms with E-state index in [0.717, 1.165) is 84.7 Å². The van der Waals surface area contributed by atoms with Crippen LogP contribution >= 0.6 is 0 Å². The van der Waals surface area contributed by atoms with E-state index >= 15 is 0 Å². The molecule has 0 saturated heterocycles. The summed E-state index contributed by atoms with van der Waals surface area (Å²) in [5.74, 6) is 3.69. The second-order valence-corrected chi connectivity index (χ2v) is 17.2. The minimum absolute atomic E-state index is 0.0442. The monoisotopic (exact) mass is 962 g/mol. The molecule has 2 aromatic heterocycles. The van der Waals surface area contributed by atoms with E-state index < -0.39 is 0 Å². The molecular formula is C59H58N6O7. The molecule has 0 aliphatic heterocycles. The van der Waals surface area contributed by atoms with E-state index in [4.69, 9.17) is 38.9 Å². The van der Waals surface area contributed by atoms with Crippen LogP contribution in [-0.4, -0.2) is 73.4 Å². The molecule has 72 heavy (non-hydrogen) atoms. The molecule has 2 heterocycles. The van der Waals surface area contributed by atoms with Crippen LogP contribution < -0.4 is 9.47 Å². The highest BCUT2D eigenvalue weighted by Gasteiger charge is 2.17. The van der Waals surface area contributed by atoms with Gasteiger partial charge in [0.1, 0.15) is 43.7 Å². The Morgan fingerprint density at radius 2 is 0.722 bits per heavy atom. The summed E-state index contributed by atoms with van der Waals surface area (Å²) in [4.78, 5) is 53.2. The number of carbonyl (C=O) groups is 2. The maximum Gasteiger partial charge on any atom is 0.305 e. The van der Waals surface area contributed by atoms with Gasteiger partial charge in [-0.2, -0.15) is 0 Å². The summed E-state index contributed by atoms with van der Waals surface area (Å²) in [6.45, 7) is 2.67. The Kier molecular flexibility index (Phi) is 18.1. The van der Waals surface area contributed by atoms with Gasteiger partial charge in [-0.3, -0.25) is 9.59 Å². The maximum atomic E-state index is 12.4. The molecule has 6 aromatic carbocycles. The number of phenolic OH excluding ortho intramolecular Hbond substituents is 1. The molecule has 0 spiro atoms. The number of nitrogens with zero attached hydrogens (tertiary/aromatic N) is 6. The smallest absolute Gasteiger partial charge is 0.305 e. The van der Waals surface area contributed by atoms with Gasteiger partial charge in [-0.25, -0.2) is 29.9 Å². The zero-order chi connectivity index (χ0) is 49.7. The zero-order valence-electron chi connectivity index (χ0n) is 40.5. The average Bonchev–Trinajstić information content (AvgIpc) is 3.42. The molecule has 0 bridgehead atoms. The highest BCUT2D eigenvalue weighted by Crippen LogP contribution is 2.33. The number of phenols is 1. The standard InChI is InChI=1S/C59H58N6O7/c1-42-40-47(32-34-49(42)58-62-54(43-22-12-8-13-23-43)60-55(63-58)44-24-14-9-15-25-44)69-36-38-71-52(67)30-20-6-4-2-3-5-7-21-31-53(68)72-39-37-70-48-33-35-50(51(66)41-48)59-64-56(45-26-16-10-17-27-45)61-57(65-59)46-28-18-11-19-29-46/h8-19,22-29,32-35,40-41,66H,2-7,20-21,30-31,36-39H2,1H3. The quantitative estimate of drug-likeness (QED) is 0.0425. The number of rotatable bonds is 25. The van der Waals surface area contributed by atoms with E-state index in [-0.39, 0.29) is 44.1 Å². The number of aromatic nitrogens is 6. The van der Waals surface area contributed by atoms with Gasteiger partial charge in [0.15, 0.2) is 34.9 Å². The summed E-state index contributed by atoms with van der Waals surface area (Å²) in [7, 11) is 0. The van der Waals surface area contributed by atoms with Crippen molar-refractivity contribution in [1.29, 1.82) is 0 Å². The lowest BCUT2D eigenvalue weighted by atomic mass is 10.1. The van der Waals surface area contributed by atoms with Crippen molar-refractivity contribution in [2.24, 2.45) is 0 Å². The molecule has 0 saturated carbocycles. The first-order valence-electron chi connectivity index (χ1n) is 24.6. The highest BCUT2D eigenvalue weighted by atomic mass is 16.6. The van der Waals surface area contributed by atoms with E-state index in [1.165, 1.54) is 6.07 Å². The number of ether oxygens (including phenoxy) is 4.